The molecule has 0 unspecified atom stereocenters. The number of rotatable bonds is 3. The molecule has 17 heavy (non-hydrogen) atoms. The van der Waals surface area contributed by atoms with Crippen LogP contribution in [-0.4, -0.2) is 11.3 Å². The molecule has 0 radical (unpaired) electrons. The molecule has 1 aromatic heterocycles. The molecule has 88 valence electrons. The van der Waals surface area contributed by atoms with E-state index in [4.69, 9.17) is 0 Å². The Hall–Kier alpha value is -1.70. The molecule has 0 aliphatic heterocycles. The summed E-state index contributed by atoms with van der Waals surface area (Å²) >= 11 is 0. The monoisotopic (exact) mass is 227 g/mol. The molecule has 1 aromatic carbocycles. The Morgan fingerprint density at radius 3 is 2.71 bits per heavy atom. The van der Waals surface area contributed by atoms with Crippen molar-refractivity contribution in [3.8, 4) is 0 Å². The summed E-state index contributed by atoms with van der Waals surface area (Å²) in [4.78, 5) is 15.4. The van der Waals surface area contributed by atoms with Gasteiger partial charge in [-0.15, -0.1) is 0 Å². The Kier molecular flexibility index (Phi) is 3.23. The number of hydrogen-bond acceptors (Lipinski definition) is 2. The van der Waals surface area contributed by atoms with E-state index < -0.39 is 0 Å². The first kappa shape index (κ1) is 11.8. The molecule has 0 N–H and O–H groups in total. The maximum absolute atomic E-state index is 10.9. The molecule has 0 saturated heterocycles. The first-order valence-corrected chi connectivity index (χ1v) is 6.05. The molecule has 0 aliphatic carbocycles. The highest BCUT2D eigenvalue weighted by molar-refractivity contribution is 5.89. The van der Waals surface area contributed by atoms with Crippen LogP contribution in [0.5, 0.6) is 0 Å². The maximum atomic E-state index is 10.9. The maximum Gasteiger partial charge on any atom is 0.168 e. The number of carbonyl (C=O) groups is 1. The molecule has 2 rings (SSSR count). The number of nitrogens with zero attached hydrogens (tertiary/aromatic N) is 1. The van der Waals surface area contributed by atoms with Crippen LogP contribution in [0.3, 0.4) is 0 Å². The smallest absolute Gasteiger partial charge is 0.168 e. The van der Waals surface area contributed by atoms with Gasteiger partial charge >= 0.3 is 0 Å². The zero-order chi connectivity index (χ0) is 12.4. The predicted molar refractivity (Wildman–Crippen MR) is 70.6 cm³/mol. The second-order valence-corrected chi connectivity index (χ2v) is 4.58. The predicted octanol–water partition coefficient (Wildman–Crippen LogP) is 3.73. The molecule has 2 heteroatoms. The number of para-hydroxylation sites is 1. The van der Waals surface area contributed by atoms with Gasteiger partial charge in [0, 0.05) is 5.39 Å². The van der Waals surface area contributed by atoms with E-state index in [1.165, 1.54) is 16.5 Å². The highest BCUT2D eigenvalue weighted by atomic mass is 16.1. The van der Waals surface area contributed by atoms with E-state index in [1.54, 1.807) is 0 Å². The topological polar surface area (TPSA) is 30.0 Å². The highest BCUT2D eigenvalue weighted by Crippen LogP contribution is 2.26. The number of hydrogen-bond donors (Lipinski definition) is 0. The number of aldehydes is 1. The van der Waals surface area contributed by atoms with E-state index in [-0.39, 0.29) is 0 Å². The van der Waals surface area contributed by atoms with Crippen LogP contribution in [0.25, 0.3) is 10.9 Å². The van der Waals surface area contributed by atoms with Crippen molar-refractivity contribution in [2.45, 2.75) is 33.1 Å². The lowest BCUT2D eigenvalue weighted by Crippen LogP contribution is -1.98. The van der Waals surface area contributed by atoms with Gasteiger partial charge in [0.15, 0.2) is 6.29 Å². The van der Waals surface area contributed by atoms with Gasteiger partial charge in [0.1, 0.15) is 5.69 Å². The third kappa shape index (κ3) is 2.07. The SMILES string of the molecule is CCc1cc(C=O)nc2c(C(C)C)cccc12. The van der Waals surface area contributed by atoms with Gasteiger partial charge in [-0.3, -0.25) is 4.79 Å². The lowest BCUT2D eigenvalue weighted by molar-refractivity contribution is 0.111. The van der Waals surface area contributed by atoms with Crippen molar-refractivity contribution in [3.05, 3.63) is 41.1 Å². The Bertz CT molecular complexity index is 558. The highest BCUT2D eigenvalue weighted by Gasteiger charge is 2.10. The number of benzene rings is 1. The first-order chi connectivity index (χ1) is 8.17. The van der Waals surface area contributed by atoms with Gasteiger partial charge in [0.25, 0.3) is 0 Å². The van der Waals surface area contributed by atoms with E-state index in [1.807, 2.05) is 6.07 Å². The van der Waals surface area contributed by atoms with Crippen LogP contribution >= 0.6 is 0 Å². The number of fused-ring (bicyclic) bond motifs is 1. The van der Waals surface area contributed by atoms with Gasteiger partial charge in [-0.05, 0) is 29.5 Å². The van der Waals surface area contributed by atoms with Crippen molar-refractivity contribution in [1.29, 1.82) is 0 Å². The van der Waals surface area contributed by atoms with Crippen molar-refractivity contribution in [1.82, 2.24) is 4.98 Å². The Labute approximate surface area is 102 Å². The zero-order valence-electron chi connectivity index (χ0n) is 10.5. The normalized spacial score (nSPS) is 11.1. The molecule has 0 spiro atoms. The number of pyridine rings is 1. The van der Waals surface area contributed by atoms with Gasteiger partial charge in [0.05, 0.1) is 5.52 Å². The molecule has 0 saturated carbocycles. The Balaban J connectivity index is 2.83. The average molecular weight is 227 g/mol. The number of aromatic nitrogens is 1. The largest absolute Gasteiger partial charge is 0.296 e. The third-order valence-electron chi connectivity index (χ3n) is 3.10. The molecule has 2 aromatic rings. The van der Waals surface area contributed by atoms with Crippen molar-refractivity contribution in [3.63, 3.8) is 0 Å². The summed E-state index contributed by atoms with van der Waals surface area (Å²) in [5, 5.41) is 1.17. The van der Waals surface area contributed by atoms with Crippen molar-refractivity contribution in [2.75, 3.05) is 0 Å². The quantitative estimate of drug-likeness (QED) is 0.748. The van der Waals surface area contributed by atoms with Crippen molar-refractivity contribution in [2.24, 2.45) is 0 Å². The van der Waals surface area contributed by atoms with Crippen LogP contribution in [0.4, 0.5) is 0 Å². The minimum atomic E-state index is 0.415. The van der Waals surface area contributed by atoms with E-state index >= 15 is 0 Å². The molecule has 0 bridgehead atoms. The summed E-state index contributed by atoms with van der Waals surface area (Å²) in [5.74, 6) is 0.415. The van der Waals surface area contributed by atoms with Crippen molar-refractivity contribution >= 4 is 17.2 Å². The van der Waals surface area contributed by atoms with E-state index in [0.717, 1.165) is 18.2 Å². The molecule has 1 heterocycles. The van der Waals surface area contributed by atoms with Crippen LogP contribution in [0, 0.1) is 0 Å². The summed E-state index contributed by atoms with van der Waals surface area (Å²) in [7, 11) is 0. The fraction of sp³-hybridized carbons (Fsp3) is 0.333. The van der Waals surface area contributed by atoms with Crippen LogP contribution in [0.15, 0.2) is 24.3 Å². The second kappa shape index (κ2) is 4.66. The van der Waals surface area contributed by atoms with Gasteiger partial charge in [-0.1, -0.05) is 39.0 Å². The molecule has 0 amide bonds. The molecular weight excluding hydrogens is 210 g/mol. The van der Waals surface area contributed by atoms with Gasteiger partial charge in [-0.2, -0.15) is 0 Å². The fourth-order valence-electron chi connectivity index (χ4n) is 2.18. The fourth-order valence-corrected chi connectivity index (χ4v) is 2.18. The summed E-state index contributed by atoms with van der Waals surface area (Å²) in [6.07, 6.45) is 1.75. The molecule has 0 atom stereocenters. The first-order valence-electron chi connectivity index (χ1n) is 6.05. The van der Waals surface area contributed by atoms with Gasteiger partial charge < -0.3 is 0 Å². The Morgan fingerprint density at radius 1 is 1.35 bits per heavy atom. The lowest BCUT2D eigenvalue weighted by Gasteiger charge is -2.12. The van der Waals surface area contributed by atoms with Gasteiger partial charge in [-0.25, -0.2) is 4.98 Å². The minimum Gasteiger partial charge on any atom is -0.296 e. The minimum absolute atomic E-state index is 0.415. The van der Waals surface area contributed by atoms with E-state index in [2.05, 4.69) is 44.0 Å². The molecular formula is C15H17NO. The average Bonchev–Trinajstić information content (AvgIpc) is 2.36. The second-order valence-electron chi connectivity index (χ2n) is 4.58. The number of carbonyl (C=O) groups excluding carboxylic acids is 1. The van der Waals surface area contributed by atoms with Crippen molar-refractivity contribution < 1.29 is 4.79 Å². The third-order valence-corrected chi connectivity index (χ3v) is 3.10. The molecule has 0 aliphatic rings. The van der Waals surface area contributed by atoms with Crippen LogP contribution in [0.2, 0.25) is 0 Å². The summed E-state index contributed by atoms with van der Waals surface area (Å²) in [6.45, 7) is 6.40. The zero-order valence-corrected chi connectivity index (χ0v) is 10.5. The summed E-state index contributed by atoms with van der Waals surface area (Å²) < 4.78 is 0. The van der Waals surface area contributed by atoms with E-state index in [0.29, 0.717) is 11.6 Å². The van der Waals surface area contributed by atoms with E-state index in [9.17, 15) is 4.79 Å². The van der Waals surface area contributed by atoms with Gasteiger partial charge in [0.2, 0.25) is 0 Å². The molecule has 0 fully saturated rings. The van der Waals surface area contributed by atoms with Crippen LogP contribution < -0.4 is 0 Å². The lowest BCUT2D eigenvalue weighted by atomic mass is 9.96. The van der Waals surface area contributed by atoms with Crippen LogP contribution in [-0.2, 0) is 6.42 Å². The molecule has 2 nitrogen and oxygen atoms in total. The standard InChI is InChI=1S/C15H17NO/c1-4-11-8-12(9-17)16-15-13(10(2)3)6-5-7-14(11)15/h5-10H,4H2,1-3H3. The van der Waals surface area contributed by atoms with Crippen LogP contribution in [0.1, 0.15) is 48.3 Å². The Morgan fingerprint density at radius 2 is 2.12 bits per heavy atom. The summed E-state index contributed by atoms with van der Waals surface area (Å²) in [5.41, 5.74) is 3.91. The number of aryl methyl sites for hydroxylation is 1. The summed E-state index contributed by atoms with van der Waals surface area (Å²) in [6, 6.07) is 8.13.